The van der Waals surface area contributed by atoms with Crippen LogP contribution in [-0.4, -0.2) is 16.5 Å². The van der Waals surface area contributed by atoms with E-state index in [0.717, 1.165) is 21.9 Å². The Labute approximate surface area is 100 Å². The van der Waals surface area contributed by atoms with Crippen molar-refractivity contribution < 1.29 is 4.74 Å². The number of hydrogen-bond donors (Lipinski definition) is 0. The number of nitrogens with zero attached hydrogens (tertiary/aromatic N) is 2. The first-order valence-electron chi connectivity index (χ1n) is 4.35. The summed E-state index contributed by atoms with van der Waals surface area (Å²) < 4.78 is 9.96. The van der Waals surface area contributed by atoms with Crippen molar-refractivity contribution in [1.29, 1.82) is 0 Å². The van der Waals surface area contributed by atoms with E-state index < -0.39 is 0 Å². The smallest absolute Gasteiger partial charge is 0.209 e. The number of aryl methyl sites for hydroxylation is 1. The molecule has 1 aromatic carbocycles. The summed E-state index contributed by atoms with van der Waals surface area (Å²) in [5.41, 5.74) is 2.14. The van der Waals surface area contributed by atoms with Crippen LogP contribution in [0, 0.1) is 6.92 Å². The second-order valence-electron chi connectivity index (χ2n) is 3.05. The largest absolute Gasteiger partial charge is 0.496 e. The van der Waals surface area contributed by atoms with Gasteiger partial charge in [0, 0.05) is 5.56 Å². The second kappa shape index (κ2) is 4.28. The van der Waals surface area contributed by atoms with Crippen LogP contribution in [0.25, 0.3) is 10.6 Å². The molecule has 78 valence electrons. The van der Waals surface area contributed by atoms with E-state index in [1.165, 1.54) is 11.5 Å². The Hall–Kier alpha value is -0.940. The maximum atomic E-state index is 5.26. The lowest BCUT2D eigenvalue weighted by atomic mass is 10.1. The molecule has 0 fully saturated rings. The van der Waals surface area contributed by atoms with Gasteiger partial charge in [-0.05, 0) is 46.0 Å². The Morgan fingerprint density at radius 2 is 2.20 bits per heavy atom. The highest BCUT2D eigenvalue weighted by Crippen LogP contribution is 2.28. The van der Waals surface area contributed by atoms with Gasteiger partial charge in [0.05, 0.1) is 7.11 Å². The Bertz CT molecular complexity index is 484. The molecule has 1 aromatic heterocycles. The first-order chi connectivity index (χ1) is 7.20. The van der Waals surface area contributed by atoms with Gasteiger partial charge in [-0.1, -0.05) is 12.1 Å². The van der Waals surface area contributed by atoms with Gasteiger partial charge in [0.15, 0.2) is 0 Å². The predicted octanol–water partition coefficient (Wildman–Crippen LogP) is 3.28. The molecule has 0 amide bonds. The number of benzene rings is 1. The third-order valence-electron chi connectivity index (χ3n) is 2.06. The fraction of sp³-hybridized carbons (Fsp3) is 0.200. The maximum absolute atomic E-state index is 5.26. The van der Waals surface area contributed by atoms with Gasteiger partial charge in [-0.25, -0.2) is 4.98 Å². The number of hydrogen-bond acceptors (Lipinski definition) is 4. The van der Waals surface area contributed by atoms with E-state index in [4.69, 9.17) is 4.74 Å². The van der Waals surface area contributed by atoms with Crippen molar-refractivity contribution >= 4 is 27.5 Å². The van der Waals surface area contributed by atoms with E-state index in [1.54, 1.807) is 7.11 Å². The maximum Gasteiger partial charge on any atom is 0.209 e. The van der Waals surface area contributed by atoms with Crippen molar-refractivity contribution in [2.75, 3.05) is 7.11 Å². The molecule has 0 spiro atoms. The third-order valence-corrected chi connectivity index (χ3v) is 3.41. The quantitative estimate of drug-likeness (QED) is 0.849. The van der Waals surface area contributed by atoms with Gasteiger partial charge in [-0.2, -0.15) is 4.37 Å². The Morgan fingerprint density at radius 3 is 2.80 bits per heavy atom. The molecular formula is C10H9BrN2OS. The van der Waals surface area contributed by atoms with Crippen LogP contribution in [0.5, 0.6) is 5.75 Å². The monoisotopic (exact) mass is 284 g/mol. The molecule has 3 nitrogen and oxygen atoms in total. The van der Waals surface area contributed by atoms with Crippen LogP contribution < -0.4 is 4.74 Å². The summed E-state index contributed by atoms with van der Waals surface area (Å²) in [5.74, 6) is 0.874. The van der Waals surface area contributed by atoms with Gasteiger partial charge >= 0.3 is 0 Å². The topological polar surface area (TPSA) is 35.0 Å². The standard InChI is InChI=1S/C10H9BrN2OS/c1-6-3-4-7(5-8(6)14-2)9-12-10(11)13-15-9/h3-5H,1-2H3. The van der Waals surface area contributed by atoms with Crippen molar-refractivity contribution in [2.24, 2.45) is 0 Å². The van der Waals surface area contributed by atoms with Crippen LogP contribution >= 0.6 is 27.5 Å². The van der Waals surface area contributed by atoms with Crippen LogP contribution in [0.4, 0.5) is 0 Å². The molecule has 0 saturated carbocycles. The Balaban J connectivity index is 2.45. The highest BCUT2D eigenvalue weighted by Gasteiger charge is 2.07. The summed E-state index contributed by atoms with van der Waals surface area (Å²) in [7, 11) is 1.67. The first kappa shape index (κ1) is 10.6. The zero-order chi connectivity index (χ0) is 10.8. The molecule has 2 aromatic rings. The number of rotatable bonds is 2. The minimum absolute atomic E-state index is 0.627. The average molecular weight is 285 g/mol. The SMILES string of the molecule is COc1cc(-c2nc(Br)ns2)ccc1C. The van der Waals surface area contributed by atoms with Gasteiger partial charge < -0.3 is 4.74 Å². The summed E-state index contributed by atoms with van der Waals surface area (Å²) >= 11 is 4.60. The molecule has 0 atom stereocenters. The lowest BCUT2D eigenvalue weighted by Crippen LogP contribution is -1.87. The molecule has 0 N–H and O–H groups in total. The molecule has 0 bridgehead atoms. The zero-order valence-electron chi connectivity index (χ0n) is 8.32. The van der Waals surface area contributed by atoms with Gasteiger partial charge in [-0.3, -0.25) is 0 Å². The van der Waals surface area contributed by atoms with Crippen molar-refractivity contribution in [3.05, 3.63) is 28.5 Å². The van der Waals surface area contributed by atoms with E-state index >= 15 is 0 Å². The van der Waals surface area contributed by atoms with Crippen LogP contribution in [0.1, 0.15) is 5.56 Å². The van der Waals surface area contributed by atoms with Crippen LogP contribution in [0.2, 0.25) is 0 Å². The number of methoxy groups -OCH3 is 1. The molecule has 0 aliphatic rings. The summed E-state index contributed by atoms with van der Waals surface area (Å²) in [4.78, 5) is 4.25. The molecule has 0 aliphatic heterocycles. The molecule has 0 unspecified atom stereocenters. The lowest BCUT2D eigenvalue weighted by molar-refractivity contribution is 0.412. The van der Waals surface area contributed by atoms with Gasteiger partial charge in [0.1, 0.15) is 10.8 Å². The van der Waals surface area contributed by atoms with Crippen LogP contribution in [0.15, 0.2) is 22.9 Å². The summed E-state index contributed by atoms with van der Waals surface area (Å²) in [5, 5.41) is 0.889. The number of halogens is 1. The number of aromatic nitrogens is 2. The summed E-state index contributed by atoms with van der Waals surface area (Å²) in [6.07, 6.45) is 0. The minimum atomic E-state index is 0.627. The Kier molecular flexibility index (Phi) is 3.02. The average Bonchev–Trinajstić information content (AvgIpc) is 2.66. The molecule has 1 heterocycles. The fourth-order valence-corrected chi connectivity index (χ4v) is 2.35. The summed E-state index contributed by atoms with van der Waals surface area (Å²) in [6.45, 7) is 2.01. The van der Waals surface area contributed by atoms with E-state index in [-0.39, 0.29) is 0 Å². The van der Waals surface area contributed by atoms with Crippen LogP contribution in [-0.2, 0) is 0 Å². The highest BCUT2D eigenvalue weighted by atomic mass is 79.9. The van der Waals surface area contributed by atoms with E-state index in [0.29, 0.717) is 4.73 Å². The van der Waals surface area contributed by atoms with Crippen molar-refractivity contribution in [3.8, 4) is 16.3 Å². The molecule has 2 rings (SSSR count). The van der Waals surface area contributed by atoms with Crippen LogP contribution in [0.3, 0.4) is 0 Å². The van der Waals surface area contributed by atoms with Crippen molar-refractivity contribution in [3.63, 3.8) is 0 Å². The molecule has 0 saturated heterocycles. The van der Waals surface area contributed by atoms with E-state index in [2.05, 4.69) is 25.3 Å². The second-order valence-corrected chi connectivity index (χ2v) is 4.51. The van der Waals surface area contributed by atoms with Crippen molar-refractivity contribution in [1.82, 2.24) is 9.36 Å². The van der Waals surface area contributed by atoms with Gasteiger partial charge in [0.25, 0.3) is 0 Å². The van der Waals surface area contributed by atoms with Gasteiger partial charge in [-0.15, -0.1) is 0 Å². The molecule has 15 heavy (non-hydrogen) atoms. The first-order valence-corrected chi connectivity index (χ1v) is 5.91. The van der Waals surface area contributed by atoms with E-state index in [1.807, 2.05) is 25.1 Å². The predicted molar refractivity (Wildman–Crippen MR) is 64.3 cm³/mol. The minimum Gasteiger partial charge on any atom is -0.496 e. The molecule has 0 radical (unpaired) electrons. The normalized spacial score (nSPS) is 10.3. The zero-order valence-corrected chi connectivity index (χ0v) is 10.7. The fourth-order valence-electron chi connectivity index (χ4n) is 1.28. The van der Waals surface area contributed by atoms with Gasteiger partial charge in [0.2, 0.25) is 4.73 Å². The summed E-state index contributed by atoms with van der Waals surface area (Å²) in [6, 6.07) is 6.01. The molecule has 5 heteroatoms. The lowest BCUT2D eigenvalue weighted by Gasteiger charge is -2.05. The molecular weight excluding hydrogens is 276 g/mol. The van der Waals surface area contributed by atoms with Crippen molar-refractivity contribution in [2.45, 2.75) is 6.92 Å². The molecule has 0 aliphatic carbocycles. The third kappa shape index (κ3) is 2.18. The number of ether oxygens (including phenoxy) is 1. The van der Waals surface area contributed by atoms with E-state index in [9.17, 15) is 0 Å². The Morgan fingerprint density at radius 1 is 1.40 bits per heavy atom. The highest BCUT2D eigenvalue weighted by molar-refractivity contribution is 9.10.